The SMILES string of the molecule is CN1C(=S)[C@@H](NC(=O)c2n[nH]c(Cc3ccccc3)n2)COc2ccc(C#Cc3ccc(C#N)cc3)cc21. The number of aromatic nitrogens is 3. The van der Waals surface area contributed by atoms with Crippen LogP contribution in [0.2, 0.25) is 0 Å². The molecule has 0 unspecified atom stereocenters. The van der Waals surface area contributed by atoms with Crippen molar-refractivity contribution >= 4 is 28.8 Å². The number of nitrogens with one attached hydrogen (secondary N) is 2. The van der Waals surface area contributed by atoms with Gasteiger partial charge >= 0.3 is 0 Å². The zero-order valence-corrected chi connectivity index (χ0v) is 21.2. The van der Waals surface area contributed by atoms with Gasteiger partial charge in [-0.3, -0.25) is 9.89 Å². The largest absolute Gasteiger partial charge is 0.489 e. The number of anilines is 1. The van der Waals surface area contributed by atoms with Crippen molar-refractivity contribution in [2.24, 2.45) is 0 Å². The van der Waals surface area contributed by atoms with E-state index < -0.39 is 11.9 Å². The summed E-state index contributed by atoms with van der Waals surface area (Å²) >= 11 is 5.70. The molecule has 0 aliphatic carbocycles. The number of amides is 1. The van der Waals surface area contributed by atoms with Gasteiger partial charge in [-0.1, -0.05) is 54.4 Å². The van der Waals surface area contributed by atoms with Gasteiger partial charge in [-0.15, -0.1) is 5.10 Å². The van der Waals surface area contributed by atoms with Crippen LogP contribution in [0.5, 0.6) is 5.75 Å². The maximum atomic E-state index is 12.9. The predicted molar refractivity (Wildman–Crippen MR) is 147 cm³/mol. The Balaban J connectivity index is 1.27. The fourth-order valence-electron chi connectivity index (χ4n) is 3.94. The molecule has 4 aromatic rings. The monoisotopic (exact) mass is 518 g/mol. The van der Waals surface area contributed by atoms with E-state index in [9.17, 15) is 4.79 Å². The second kappa shape index (κ2) is 11.0. The first-order valence-electron chi connectivity index (χ1n) is 11.8. The van der Waals surface area contributed by atoms with E-state index in [4.69, 9.17) is 22.2 Å². The highest BCUT2D eigenvalue weighted by Gasteiger charge is 2.29. The van der Waals surface area contributed by atoms with Gasteiger partial charge in [0.2, 0.25) is 5.82 Å². The fraction of sp³-hybridized carbons (Fsp3) is 0.138. The van der Waals surface area contributed by atoms with Gasteiger partial charge in [0.15, 0.2) is 0 Å². The molecule has 1 aliphatic rings. The summed E-state index contributed by atoms with van der Waals surface area (Å²) in [4.78, 5) is 19.6. The number of carbonyl (C=O) groups is 1. The van der Waals surface area contributed by atoms with Crippen molar-refractivity contribution in [2.45, 2.75) is 12.5 Å². The number of carbonyl (C=O) groups excluding carboxylic acids is 1. The number of aromatic amines is 1. The third-order valence-electron chi connectivity index (χ3n) is 5.97. The van der Waals surface area contributed by atoms with Crippen LogP contribution in [-0.2, 0) is 6.42 Å². The standard InChI is InChI=1S/C29H22N6O2S/c1-35-24-15-21(10-7-19-8-11-22(17-30)12-9-19)13-14-25(24)37-18-23(29(35)38)31-28(36)27-32-26(33-34-27)16-20-5-3-2-4-6-20/h2-6,8-9,11-15,23H,16,18H2,1H3,(H,31,36)(H,32,33,34)/t23-/m0/s1. The quantitative estimate of drug-likeness (QED) is 0.314. The summed E-state index contributed by atoms with van der Waals surface area (Å²) in [5.74, 6) is 7.09. The number of likely N-dealkylation sites (N-methyl/N-ethyl adjacent to an activating group) is 1. The Labute approximate surface area is 225 Å². The number of rotatable bonds is 4. The highest BCUT2D eigenvalue weighted by atomic mass is 32.1. The molecule has 3 aromatic carbocycles. The summed E-state index contributed by atoms with van der Waals surface area (Å²) in [5.41, 5.74) is 3.99. The molecule has 9 heteroatoms. The molecule has 2 heterocycles. The van der Waals surface area contributed by atoms with Crippen LogP contribution >= 0.6 is 12.2 Å². The Hall–Kier alpha value is -4.99. The number of benzene rings is 3. The third-order valence-corrected chi connectivity index (χ3v) is 6.53. The summed E-state index contributed by atoms with van der Waals surface area (Å²) in [7, 11) is 1.83. The van der Waals surface area contributed by atoms with Crippen molar-refractivity contribution in [3.63, 3.8) is 0 Å². The summed E-state index contributed by atoms with van der Waals surface area (Å²) in [6, 6.07) is 24.1. The van der Waals surface area contributed by atoms with Crippen LogP contribution in [0.25, 0.3) is 0 Å². The van der Waals surface area contributed by atoms with Gasteiger partial charge in [-0.25, -0.2) is 4.98 Å². The molecular weight excluding hydrogens is 496 g/mol. The van der Waals surface area contributed by atoms with Gasteiger partial charge in [0, 0.05) is 24.6 Å². The summed E-state index contributed by atoms with van der Waals surface area (Å²) in [6.07, 6.45) is 0.542. The molecule has 0 saturated carbocycles. The molecule has 38 heavy (non-hydrogen) atoms. The Bertz CT molecular complexity index is 1600. The number of nitriles is 1. The minimum absolute atomic E-state index is 0.0449. The van der Waals surface area contributed by atoms with Crippen molar-refractivity contribution in [3.8, 4) is 23.7 Å². The lowest BCUT2D eigenvalue weighted by atomic mass is 10.1. The summed E-state index contributed by atoms with van der Waals surface area (Å²) in [6.45, 7) is 0.166. The Kier molecular flexibility index (Phi) is 7.12. The first-order valence-corrected chi connectivity index (χ1v) is 12.2. The fourth-order valence-corrected chi connectivity index (χ4v) is 4.17. The lowest BCUT2D eigenvalue weighted by molar-refractivity contribution is 0.0927. The maximum absolute atomic E-state index is 12.9. The lowest BCUT2D eigenvalue weighted by Gasteiger charge is -2.23. The number of hydrogen-bond donors (Lipinski definition) is 2. The minimum atomic E-state index is -0.556. The van der Waals surface area contributed by atoms with Crippen LogP contribution in [0.4, 0.5) is 5.69 Å². The van der Waals surface area contributed by atoms with E-state index in [0.717, 1.165) is 22.4 Å². The first kappa shape index (κ1) is 24.7. The number of nitrogens with zero attached hydrogens (tertiary/aromatic N) is 4. The molecule has 1 aliphatic heterocycles. The number of ether oxygens (including phenoxy) is 1. The zero-order valence-electron chi connectivity index (χ0n) is 20.4. The lowest BCUT2D eigenvalue weighted by Crippen LogP contribution is -2.48. The van der Waals surface area contributed by atoms with E-state index in [0.29, 0.717) is 28.5 Å². The molecule has 8 nitrogen and oxygen atoms in total. The average Bonchev–Trinajstić information content (AvgIpc) is 3.39. The van der Waals surface area contributed by atoms with Gasteiger partial charge in [-0.2, -0.15) is 5.26 Å². The topological polar surface area (TPSA) is 107 Å². The van der Waals surface area contributed by atoms with Crippen molar-refractivity contribution < 1.29 is 9.53 Å². The van der Waals surface area contributed by atoms with Crippen molar-refractivity contribution in [1.82, 2.24) is 20.5 Å². The smallest absolute Gasteiger partial charge is 0.291 e. The third kappa shape index (κ3) is 5.54. The van der Waals surface area contributed by atoms with Crippen LogP contribution in [0, 0.1) is 23.2 Å². The molecule has 5 rings (SSSR count). The van der Waals surface area contributed by atoms with E-state index in [2.05, 4.69) is 38.4 Å². The Morgan fingerprint density at radius 3 is 2.58 bits per heavy atom. The molecule has 0 spiro atoms. The van der Waals surface area contributed by atoms with Gasteiger partial charge < -0.3 is 15.0 Å². The second-order valence-electron chi connectivity index (χ2n) is 8.62. The maximum Gasteiger partial charge on any atom is 0.291 e. The van der Waals surface area contributed by atoms with Crippen LogP contribution in [0.15, 0.2) is 72.8 Å². The molecule has 0 radical (unpaired) electrons. The van der Waals surface area contributed by atoms with E-state index in [1.54, 1.807) is 12.1 Å². The second-order valence-corrected chi connectivity index (χ2v) is 9.04. The first-order chi connectivity index (χ1) is 18.5. The highest BCUT2D eigenvalue weighted by Crippen LogP contribution is 2.32. The van der Waals surface area contributed by atoms with Crippen molar-refractivity contribution in [3.05, 3.63) is 107 Å². The van der Waals surface area contributed by atoms with Gasteiger partial charge in [-0.05, 0) is 48.0 Å². The Morgan fingerprint density at radius 1 is 1.11 bits per heavy atom. The summed E-state index contributed by atoms with van der Waals surface area (Å²) in [5, 5.41) is 18.8. The molecule has 0 bridgehead atoms. The van der Waals surface area contributed by atoms with E-state index >= 15 is 0 Å². The van der Waals surface area contributed by atoms with E-state index in [-0.39, 0.29) is 12.4 Å². The number of thiocarbonyl (C=S) groups is 1. The Morgan fingerprint density at radius 2 is 1.82 bits per heavy atom. The molecular formula is C29H22N6O2S. The van der Waals surface area contributed by atoms with E-state index in [1.807, 2.05) is 72.6 Å². The van der Waals surface area contributed by atoms with Gasteiger partial charge in [0.1, 0.15) is 29.2 Å². The molecule has 2 N–H and O–H groups in total. The molecule has 0 fully saturated rings. The van der Waals surface area contributed by atoms with Crippen LogP contribution in [0.3, 0.4) is 0 Å². The minimum Gasteiger partial charge on any atom is -0.489 e. The van der Waals surface area contributed by atoms with E-state index in [1.165, 1.54) is 0 Å². The van der Waals surface area contributed by atoms with Crippen LogP contribution in [0.1, 0.15) is 38.7 Å². The number of H-pyrrole nitrogens is 1. The van der Waals surface area contributed by atoms with Gasteiger partial charge in [0.05, 0.1) is 17.3 Å². The highest BCUT2D eigenvalue weighted by molar-refractivity contribution is 7.80. The zero-order chi connectivity index (χ0) is 26.5. The average molecular weight is 519 g/mol. The number of fused-ring (bicyclic) bond motifs is 1. The molecule has 186 valence electrons. The van der Waals surface area contributed by atoms with Crippen LogP contribution < -0.4 is 15.0 Å². The molecule has 1 atom stereocenters. The number of hydrogen-bond acceptors (Lipinski definition) is 6. The van der Waals surface area contributed by atoms with Crippen molar-refractivity contribution in [2.75, 3.05) is 18.6 Å². The predicted octanol–water partition coefficient (Wildman–Crippen LogP) is 3.62. The molecule has 1 aromatic heterocycles. The molecule has 1 amide bonds. The van der Waals surface area contributed by atoms with Crippen LogP contribution in [-0.4, -0.2) is 45.8 Å². The molecule has 0 saturated heterocycles. The summed E-state index contributed by atoms with van der Waals surface area (Å²) < 4.78 is 5.99. The van der Waals surface area contributed by atoms with Crippen molar-refractivity contribution in [1.29, 1.82) is 5.26 Å². The normalized spacial score (nSPS) is 14.3. The van der Waals surface area contributed by atoms with Gasteiger partial charge in [0.25, 0.3) is 5.91 Å².